The molecule has 3 nitrogen and oxygen atoms in total. The van der Waals surface area contributed by atoms with Gasteiger partial charge in [0.15, 0.2) is 5.69 Å². The van der Waals surface area contributed by atoms with Crippen molar-refractivity contribution in [3.05, 3.63) is 29.6 Å². The van der Waals surface area contributed by atoms with Gasteiger partial charge in [0, 0.05) is 12.2 Å². The van der Waals surface area contributed by atoms with Gasteiger partial charge in [0.2, 0.25) is 0 Å². The molecule has 0 radical (unpaired) electrons. The molecule has 1 rings (SSSR count). The molecule has 0 heterocycles. The van der Waals surface area contributed by atoms with Crippen LogP contribution >= 0.6 is 0 Å². The maximum absolute atomic E-state index is 6.85. The molecule has 0 spiro atoms. The van der Waals surface area contributed by atoms with E-state index in [-0.39, 0.29) is 0 Å². The largest absolute Gasteiger partial charge is 0.398 e. The van der Waals surface area contributed by atoms with E-state index in [9.17, 15) is 0 Å². The second kappa shape index (κ2) is 5.92. The normalized spacial score (nSPS) is 9.60. The van der Waals surface area contributed by atoms with Gasteiger partial charge >= 0.3 is 0 Å². The van der Waals surface area contributed by atoms with Crippen LogP contribution in [0.15, 0.2) is 18.2 Å². The van der Waals surface area contributed by atoms with Crippen molar-refractivity contribution in [2.75, 3.05) is 17.6 Å². The van der Waals surface area contributed by atoms with E-state index in [1.165, 1.54) is 12.8 Å². The Morgan fingerprint density at radius 1 is 1.40 bits per heavy atom. The molecule has 1 aromatic rings. The Hall–Kier alpha value is -1.69. The second-order valence-electron chi connectivity index (χ2n) is 3.52. The second-order valence-corrected chi connectivity index (χ2v) is 3.52. The van der Waals surface area contributed by atoms with Gasteiger partial charge in [0.25, 0.3) is 0 Å². The lowest BCUT2D eigenvalue weighted by atomic mass is 10.2. The molecule has 0 unspecified atom stereocenters. The number of unbranched alkanes of at least 4 members (excludes halogenated alkanes) is 2. The van der Waals surface area contributed by atoms with Crippen molar-refractivity contribution in [2.24, 2.45) is 0 Å². The number of nitrogens with zero attached hydrogens (tertiary/aromatic N) is 1. The SMILES string of the molecule is [C-]#[N+]c1ccc(NCCCCC)c(N)c1. The summed E-state index contributed by atoms with van der Waals surface area (Å²) in [6.45, 7) is 9.97. The van der Waals surface area contributed by atoms with Crippen molar-refractivity contribution in [2.45, 2.75) is 26.2 Å². The zero-order valence-electron chi connectivity index (χ0n) is 9.09. The Morgan fingerprint density at radius 2 is 2.20 bits per heavy atom. The van der Waals surface area contributed by atoms with Gasteiger partial charge in [0.05, 0.1) is 12.3 Å². The first-order chi connectivity index (χ1) is 7.27. The summed E-state index contributed by atoms with van der Waals surface area (Å²) < 4.78 is 0. The molecule has 0 aliphatic carbocycles. The van der Waals surface area contributed by atoms with Gasteiger partial charge in [-0.15, -0.1) is 0 Å². The average molecular weight is 203 g/mol. The lowest BCUT2D eigenvalue weighted by Gasteiger charge is -2.08. The third-order valence-electron chi connectivity index (χ3n) is 2.26. The van der Waals surface area contributed by atoms with Crippen LogP contribution < -0.4 is 11.1 Å². The standard InChI is InChI=1S/C12H17N3/c1-3-4-5-8-15-12-7-6-10(14-2)9-11(12)13/h6-7,9,15H,3-5,8,13H2,1H3. The summed E-state index contributed by atoms with van der Waals surface area (Å²) in [4.78, 5) is 3.32. The molecular formula is C12H17N3. The van der Waals surface area contributed by atoms with Crippen LogP contribution in [0, 0.1) is 6.57 Å². The number of nitrogens with one attached hydrogen (secondary N) is 1. The summed E-state index contributed by atoms with van der Waals surface area (Å²) in [5.41, 5.74) is 7.98. The van der Waals surface area contributed by atoms with E-state index in [0.29, 0.717) is 11.4 Å². The van der Waals surface area contributed by atoms with Crippen LogP contribution in [0.5, 0.6) is 0 Å². The third kappa shape index (κ3) is 3.51. The number of anilines is 2. The zero-order chi connectivity index (χ0) is 11.1. The Kier molecular flexibility index (Phi) is 4.49. The maximum Gasteiger partial charge on any atom is 0.189 e. The summed E-state index contributed by atoms with van der Waals surface area (Å²) in [6.07, 6.45) is 3.60. The molecule has 0 fully saturated rings. The van der Waals surface area contributed by atoms with Crippen LogP contribution in [-0.4, -0.2) is 6.54 Å². The van der Waals surface area contributed by atoms with E-state index >= 15 is 0 Å². The van der Waals surface area contributed by atoms with Crippen LogP contribution in [0.2, 0.25) is 0 Å². The number of rotatable bonds is 5. The summed E-state index contributed by atoms with van der Waals surface area (Å²) in [5.74, 6) is 0. The van der Waals surface area contributed by atoms with E-state index in [2.05, 4.69) is 17.1 Å². The van der Waals surface area contributed by atoms with E-state index in [1.54, 1.807) is 12.1 Å². The number of nitrogen functional groups attached to an aromatic ring is 1. The summed E-state index contributed by atoms with van der Waals surface area (Å²) in [5, 5.41) is 3.27. The molecule has 3 N–H and O–H groups in total. The fourth-order valence-corrected chi connectivity index (χ4v) is 1.38. The van der Waals surface area contributed by atoms with E-state index in [0.717, 1.165) is 18.7 Å². The fraction of sp³-hybridized carbons (Fsp3) is 0.417. The minimum atomic E-state index is 0.589. The van der Waals surface area contributed by atoms with Crippen LogP contribution in [-0.2, 0) is 0 Å². The van der Waals surface area contributed by atoms with E-state index < -0.39 is 0 Å². The molecule has 3 heteroatoms. The molecule has 1 aromatic carbocycles. The molecule has 0 amide bonds. The average Bonchev–Trinajstić information content (AvgIpc) is 2.26. The van der Waals surface area contributed by atoms with Gasteiger partial charge in [-0.25, -0.2) is 4.85 Å². The summed E-state index contributed by atoms with van der Waals surface area (Å²) in [6, 6.07) is 5.36. The van der Waals surface area contributed by atoms with Crippen molar-refractivity contribution < 1.29 is 0 Å². The van der Waals surface area contributed by atoms with Gasteiger partial charge < -0.3 is 11.1 Å². The Morgan fingerprint density at radius 3 is 2.80 bits per heavy atom. The first-order valence-corrected chi connectivity index (χ1v) is 5.28. The highest BCUT2D eigenvalue weighted by atomic mass is 14.9. The van der Waals surface area contributed by atoms with Crippen molar-refractivity contribution in [3.8, 4) is 0 Å². The quantitative estimate of drug-likeness (QED) is 0.437. The summed E-state index contributed by atoms with van der Waals surface area (Å²) in [7, 11) is 0. The lowest BCUT2D eigenvalue weighted by Crippen LogP contribution is -2.03. The Labute approximate surface area is 91.1 Å². The highest BCUT2D eigenvalue weighted by Gasteiger charge is 1.99. The predicted octanol–water partition coefficient (Wildman–Crippen LogP) is 3.42. The highest BCUT2D eigenvalue weighted by Crippen LogP contribution is 2.24. The van der Waals surface area contributed by atoms with E-state index in [1.807, 2.05) is 6.07 Å². The van der Waals surface area contributed by atoms with E-state index in [4.69, 9.17) is 12.3 Å². The van der Waals surface area contributed by atoms with Crippen molar-refractivity contribution in [1.82, 2.24) is 0 Å². The van der Waals surface area contributed by atoms with Gasteiger partial charge in [-0.2, -0.15) is 0 Å². The van der Waals surface area contributed by atoms with Crippen molar-refractivity contribution in [1.29, 1.82) is 0 Å². The van der Waals surface area contributed by atoms with Crippen LogP contribution in [0.4, 0.5) is 17.1 Å². The molecule has 15 heavy (non-hydrogen) atoms. The molecule has 0 aromatic heterocycles. The predicted molar refractivity (Wildman–Crippen MR) is 65.1 cm³/mol. The highest BCUT2D eigenvalue weighted by molar-refractivity contribution is 5.71. The first-order valence-electron chi connectivity index (χ1n) is 5.28. The Bertz CT molecular complexity index is 352. The minimum absolute atomic E-state index is 0.589. The number of hydrogen-bond donors (Lipinski definition) is 2. The third-order valence-corrected chi connectivity index (χ3v) is 2.26. The fourth-order valence-electron chi connectivity index (χ4n) is 1.38. The lowest BCUT2D eigenvalue weighted by molar-refractivity contribution is 0.744. The molecular weight excluding hydrogens is 186 g/mol. The smallest absolute Gasteiger partial charge is 0.189 e. The molecule has 0 aliphatic heterocycles. The van der Waals surface area contributed by atoms with Crippen LogP contribution in [0.25, 0.3) is 4.85 Å². The van der Waals surface area contributed by atoms with Crippen LogP contribution in [0.1, 0.15) is 26.2 Å². The maximum atomic E-state index is 6.85. The molecule has 80 valence electrons. The van der Waals surface area contributed by atoms with Crippen molar-refractivity contribution >= 4 is 17.1 Å². The molecule has 0 saturated heterocycles. The van der Waals surface area contributed by atoms with Gasteiger partial charge in [-0.3, -0.25) is 0 Å². The number of hydrogen-bond acceptors (Lipinski definition) is 2. The first kappa shape index (κ1) is 11.4. The van der Waals surface area contributed by atoms with Gasteiger partial charge in [-0.05, 0) is 18.6 Å². The Balaban J connectivity index is 2.52. The molecule has 0 bridgehead atoms. The van der Waals surface area contributed by atoms with Crippen molar-refractivity contribution in [3.63, 3.8) is 0 Å². The minimum Gasteiger partial charge on any atom is -0.398 e. The molecule has 0 aliphatic rings. The van der Waals surface area contributed by atoms with Gasteiger partial charge in [-0.1, -0.05) is 25.8 Å². The molecule has 0 saturated carbocycles. The zero-order valence-corrected chi connectivity index (χ0v) is 9.09. The molecule has 0 atom stereocenters. The monoisotopic (exact) mass is 203 g/mol. The number of nitrogens with two attached hydrogens (primary N) is 1. The topological polar surface area (TPSA) is 42.4 Å². The van der Waals surface area contributed by atoms with Crippen LogP contribution in [0.3, 0.4) is 0 Å². The summed E-state index contributed by atoms with van der Waals surface area (Å²) >= 11 is 0. The van der Waals surface area contributed by atoms with Gasteiger partial charge in [0.1, 0.15) is 0 Å². The number of benzene rings is 1.